The van der Waals surface area contributed by atoms with Gasteiger partial charge >= 0.3 is 0 Å². The minimum Gasteiger partial charge on any atom is -0.493 e. The SMILES string of the molecule is CC(=O)C=CC1=CC2=C(Cl)C(=O)C(C)(O)C(O)C2CO1. The van der Waals surface area contributed by atoms with Gasteiger partial charge in [0.1, 0.15) is 11.9 Å². The van der Waals surface area contributed by atoms with E-state index < -0.39 is 23.4 Å². The lowest BCUT2D eigenvalue weighted by atomic mass is 9.75. The van der Waals surface area contributed by atoms with E-state index in [1.807, 2.05) is 0 Å². The van der Waals surface area contributed by atoms with Crippen LogP contribution in [0.3, 0.4) is 0 Å². The van der Waals surface area contributed by atoms with Crippen molar-refractivity contribution >= 4 is 23.2 Å². The molecule has 0 aromatic carbocycles. The molecule has 0 radical (unpaired) electrons. The standard InChI is InChI=1S/C14H15ClO5/c1-7(16)3-4-8-5-9-10(6-20-8)12(17)14(2,19)13(18)11(9)15/h3-5,10,12,17,19H,6H2,1-2H3. The van der Waals surface area contributed by atoms with E-state index in [0.717, 1.165) is 0 Å². The Labute approximate surface area is 121 Å². The van der Waals surface area contributed by atoms with E-state index in [-0.39, 0.29) is 17.4 Å². The Hall–Kier alpha value is -1.43. The number of ether oxygens (including phenoxy) is 1. The number of ketones is 2. The summed E-state index contributed by atoms with van der Waals surface area (Å²) in [6.07, 6.45) is 3.02. The molecule has 6 heteroatoms. The number of aliphatic hydroxyl groups is 2. The summed E-state index contributed by atoms with van der Waals surface area (Å²) in [5.74, 6) is -1.05. The molecule has 0 spiro atoms. The number of hydrogen-bond donors (Lipinski definition) is 2. The van der Waals surface area contributed by atoms with E-state index in [1.54, 1.807) is 0 Å². The lowest BCUT2D eigenvalue weighted by Gasteiger charge is -2.40. The molecule has 0 amide bonds. The Bertz CT molecular complexity index is 556. The number of rotatable bonds is 2. The molecular weight excluding hydrogens is 284 g/mol. The van der Waals surface area contributed by atoms with Crippen molar-refractivity contribution in [2.45, 2.75) is 25.6 Å². The monoisotopic (exact) mass is 298 g/mol. The summed E-state index contributed by atoms with van der Waals surface area (Å²) < 4.78 is 5.39. The van der Waals surface area contributed by atoms with Crippen LogP contribution in [0.2, 0.25) is 0 Å². The zero-order valence-corrected chi connectivity index (χ0v) is 11.8. The Balaban J connectivity index is 2.43. The predicted molar refractivity (Wildman–Crippen MR) is 71.9 cm³/mol. The molecule has 1 aliphatic carbocycles. The molecule has 0 saturated carbocycles. The van der Waals surface area contributed by atoms with Crippen molar-refractivity contribution in [3.63, 3.8) is 0 Å². The Morgan fingerprint density at radius 2 is 2.25 bits per heavy atom. The van der Waals surface area contributed by atoms with Gasteiger partial charge in [0, 0.05) is 5.92 Å². The highest BCUT2D eigenvalue weighted by Crippen LogP contribution is 2.40. The molecule has 0 aromatic rings. The summed E-state index contributed by atoms with van der Waals surface area (Å²) in [5, 5.41) is 20.0. The highest BCUT2D eigenvalue weighted by Gasteiger charge is 2.50. The largest absolute Gasteiger partial charge is 0.493 e. The van der Waals surface area contributed by atoms with Crippen LogP contribution in [0.5, 0.6) is 0 Å². The van der Waals surface area contributed by atoms with Gasteiger partial charge in [-0.15, -0.1) is 0 Å². The van der Waals surface area contributed by atoms with Gasteiger partial charge in [-0.1, -0.05) is 11.6 Å². The van der Waals surface area contributed by atoms with Gasteiger partial charge < -0.3 is 14.9 Å². The number of Topliss-reactive ketones (excluding diaryl/α,β-unsaturated/α-hetero) is 1. The lowest BCUT2D eigenvalue weighted by Crippen LogP contribution is -2.55. The van der Waals surface area contributed by atoms with Crippen LogP contribution in [0.4, 0.5) is 0 Å². The van der Waals surface area contributed by atoms with E-state index in [4.69, 9.17) is 16.3 Å². The van der Waals surface area contributed by atoms with Crippen LogP contribution in [0.15, 0.2) is 34.6 Å². The van der Waals surface area contributed by atoms with Crippen molar-refractivity contribution in [1.29, 1.82) is 0 Å². The second kappa shape index (κ2) is 5.16. The number of aliphatic hydroxyl groups excluding tert-OH is 1. The van der Waals surface area contributed by atoms with Crippen LogP contribution in [-0.2, 0) is 14.3 Å². The van der Waals surface area contributed by atoms with Gasteiger partial charge in [-0.3, -0.25) is 9.59 Å². The normalized spacial score (nSPS) is 33.9. The molecule has 0 fully saturated rings. The van der Waals surface area contributed by atoms with Crippen molar-refractivity contribution < 1.29 is 24.5 Å². The summed E-state index contributed by atoms with van der Waals surface area (Å²) >= 11 is 5.99. The summed E-state index contributed by atoms with van der Waals surface area (Å²) in [6, 6.07) is 0. The minimum atomic E-state index is -1.92. The fourth-order valence-electron chi connectivity index (χ4n) is 2.24. The van der Waals surface area contributed by atoms with E-state index in [0.29, 0.717) is 11.3 Å². The molecule has 5 nitrogen and oxygen atoms in total. The van der Waals surface area contributed by atoms with E-state index in [1.165, 1.54) is 32.1 Å². The molecular formula is C14H15ClO5. The number of carbonyl (C=O) groups excluding carboxylic acids is 2. The molecule has 2 rings (SSSR count). The third-order valence-electron chi connectivity index (χ3n) is 3.48. The summed E-state index contributed by atoms with van der Waals surface area (Å²) in [4.78, 5) is 22.8. The fourth-order valence-corrected chi connectivity index (χ4v) is 2.63. The quantitative estimate of drug-likeness (QED) is 0.738. The van der Waals surface area contributed by atoms with Crippen LogP contribution in [0.1, 0.15) is 13.8 Å². The fraction of sp³-hybridized carbons (Fsp3) is 0.429. The maximum absolute atomic E-state index is 11.9. The molecule has 1 heterocycles. The summed E-state index contributed by atoms with van der Waals surface area (Å²) in [6.45, 7) is 2.71. The number of allylic oxidation sites excluding steroid dienone is 3. The van der Waals surface area contributed by atoms with Gasteiger partial charge in [-0.25, -0.2) is 0 Å². The molecule has 0 bridgehead atoms. The Morgan fingerprint density at radius 1 is 1.60 bits per heavy atom. The first-order chi connectivity index (χ1) is 9.25. The van der Waals surface area contributed by atoms with Crippen molar-refractivity contribution in [2.75, 3.05) is 6.61 Å². The molecule has 0 aromatic heterocycles. The Kier molecular flexibility index (Phi) is 3.86. The molecule has 2 aliphatic rings. The zero-order chi connectivity index (χ0) is 15.1. The van der Waals surface area contributed by atoms with Gasteiger partial charge in [0.2, 0.25) is 5.78 Å². The molecule has 3 atom stereocenters. The number of hydrogen-bond acceptors (Lipinski definition) is 5. The number of fused-ring (bicyclic) bond motifs is 1. The third-order valence-corrected chi connectivity index (χ3v) is 3.87. The molecule has 0 saturated heterocycles. The van der Waals surface area contributed by atoms with Gasteiger partial charge in [0.15, 0.2) is 11.4 Å². The van der Waals surface area contributed by atoms with Gasteiger partial charge in [0.05, 0.1) is 11.6 Å². The smallest absolute Gasteiger partial charge is 0.208 e. The van der Waals surface area contributed by atoms with E-state index in [2.05, 4.69) is 0 Å². The molecule has 1 aliphatic heterocycles. The van der Waals surface area contributed by atoms with Crippen LogP contribution in [0.25, 0.3) is 0 Å². The van der Waals surface area contributed by atoms with Gasteiger partial charge in [-0.05, 0) is 37.6 Å². The van der Waals surface area contributed by atoms with Crippen molar-refractivity contribution in [2.24, 2.45) is 5.92 Å². The van der Waals surface area contributed by atoms with Crippen molar-refractivity contribution in [1.82, 2.24) is 0 Å². The first kappa shape index (κ1) is 15.0. The van der Waals surface area contributed by atoms with Crippen LogP contribution >= 0.6 is 11.6 Å². The number of halogens is 1. The van der Waals surface area contributed by atoms with Crippen LogP contribution in [0, 0.1) is 5.92 Å². The molecule has 3 unspecified atom stereocenters. The highest BCUT2D eigenvalue weighted by atomic mass is 35.5. The van der Waals surface area contributed by atoms with Crippen molar-refractivity contribution in [3.05, 3.63) is 34.6 Å². The van der Waals surface area contributed by atoms with Crippen molar-refractivity contribution in [3.8, 4) is 0 Å². The van der Waals surface area contributed by atoms with E-state index in [9.17, 15) is 19.8 Å². The van der Waals surface area contributed by atoms with Gasteiger partial charge in [0.25, 0.3) is 0 Å². The first-order valence-electron chi connectivity index (χ1n) is 6.13. The molecule has 108 valence electrons. The van der Waals surface area contributed by atoms with Gasteiger partial charge in [-0.2, -0.15) is 0 Å². The average molecular weight is 299 g/mol. The molecule has 2 N–H and O–H groups in total. The predicted octanol–water partition coefficient (Wildman–Crippen LogP) is 0.849. The first-order valence-corrected chi connectivity index (χ1v) is 6.51. The lowest BCUT2D eigenvalue weighted by molar-refractivity contribution is -0.150. The average Bonchev–Trinajstić information content (AvgIpc) is 2.41. The zero-order valence-electron chi connectivity index (χ0n) is 11.1. The minimum absolute atomic E-state index is 0.0736. The summed E-state index contributed by atoms with van der Waals surface area (Å²) in [7, 11) is 0. The third kappa shape index (κ3) is 2.44. The van der Waals surface area contributed by atoms with Crippen LogP contribution in [-0.4, -0.2) is 40.1 Å². The second-order valence-corrected chi connectivity index (χ2v) is 5.48. The maximum Gasteiger partial charge on any atom is 0.208 e. The Morgan fingerprint density at radius 3 is 2.85 bits per heavy atom. The van der Waals surface area contributed by atoms with E-state index >= 15 is 0 Å². The van der Waals surface area contributed by atoms with Crippen LogP contribution < -0.4 is 0 Å². The number of carbonyl (C=O) groups is 2. The molecule has 20 heavy (non-hydrogen) atoms. The second-order valence-electron chi connectivity index (χ2n) is 5.10. The summed E-state index contributed by atoms with van der Waals surface area (Å²) in [5.41, 5.74) is -1.50. The highest BCUT2D eigenvalue weighted by molar-refractivity contribution is 6.44. The topological polar surface area (TPSA) is 83.8 Å². The maximum atomic E-state index is 11.9.